The second kappa shape index (κ2) is 8.49. The number of benzene rings is 1. The zero-order valence-corrected chi connectivity index (χ0v) is 21.5. The van der Waals surface area contributed by atoms with E-state index in [-0.39, 0.29) is 12.5 Å². The normalized spacial score (nSPS) is 16.3. The van der Waals surface area contributed by atoms with Gasteiger partial charge in [-0.15, -0.1) is 0 Å². The van der Waals surface area contributed by atoms with E-state index in [1.807, 2.05) is 65.5 Å². The Balaban J connectivity index is 1.56. The van der Waals surface area contributed by atoms with Gasteiger partial charge in [0.05, 0.1) is 42.9 Å². The van der Waals surface area contributed by atoms with Crippen molar-refractivity contribution < 1.29 is 19.0 Å². The Morgan fingerprint density at radius 1 is 1.22 bits per heavy atom. The van der Waals surface area contributed by atoms with Crippen LogP contribution in [0.5, 0.6) is 11.5 Å². The molecule has 0 N–H and O–H groups in total. The van der Waals surface area contributed by atoms with Gasteiger partial charge in [-0.2, -0.15) is 21.5 Å². The maximum atomic E-state index is 13.9. The molecule has 9 nitrogen and oxygen atoms in total. The number of methoxy groups -OCH3 is 1. The van der Waals surface area contributed by atoms with Crippen LogP contribution in [-0.4, -0.2) is 62.8 Å². The Morgan fingerprint density at radius 3 is 2.78 bits per heavy atom. The van der Waals surface area contributed by atoms with Gasteiger partial charge in [0.1, 0.15) is 18.1 Å². The summed E-state index contributed by atoms with van der Waals surface area (Å²) in [5.74, 6) is 1.27. The van der Waals surface area contributed by atoms with Crippen molar-refractivity contribution in [2.24, 2.45) is 7.05 Å². The van der Waals surface area contributed by atoms with Crippen LogP contribution in [0.1, 0.15) is 29.9 Å². The summed E-state index contributed by atoms with van der Waals surface area (Å²) < 4.78 is 21.2. The molecule has 2 aliphatic rings. The van der Waals surface area contributed by atoms with Crippen LogP contribution in [0.15, 0.2) is 41.2 Å². The molecule has 0 unspecified atom stereocenters. The summed E-state index contributed by atoms with van der Waals surface area (Å²) >= 11 is 1.59. The first kappa shape index (κ1) is 22.8. The highest BCUT2D eigenvalue weighted by atomic mass is 32.1. The van der Waals surface area contributed by atoms with E-state index in [2.05, 4.69) is 5.10 Å². The molecule has 4 aromatic rings. The molecule has 1 saturated heterocycles. The number of morpholine rings is 1. The van der Waals surface area contributed by atoms with Crippen molar-refractivity contribution in [3.05, 3.63) is 52.5 Å². The highest BCUT2D eigenvalue weighted by Gasteiger charge is 2.39. The van der Waals surface area contributed by atoms with E-state index in [0.29, 0.717) is 37.0 Å². The van der Waals surface area contributed by atoms with Crippen molar-refractivity contribution in [3.8, 4) is 39.7 Å². The van der Waals surface area contributed by atoms with E-state index in [9.17, 15) is 4.79 Å². The number of rotatable bonds is 4. The molecule has 0 saturated carbocycles. The number of amides is 1. The lowest BCUT2D eigenvalue weighted by Crippen LogP contribution is -2.55. The van der Waals surface area contributed by atoms with Crippen LogP contribution in [0.2, 0.25) is 0 Å². The molecule has 186 valence electrons. The molecule has 1 amide bonds. The summed E-state index contributed by atoms with van der Waals surface area (Å²) in [7, 11) is 3.54. The van der Waals surface area contributed by atoms with Crippen molar-refractivity contribution in [1.82, 2.24) is 24.5 Å². The van der Waals surface area contributed by atoms with E-state index >= 15 is 0 Å². The number of nitrogens with zero attached hydrogens (tertiary/aromatic N) is 5. The zero-order chi connectivity index (χ0) is 25.0. The number of fused-ring (bicyclic) bond motifs is 3. The summed E-state index contributed by atoms with van der Waals surface area (Å²) in [5, 5.41) is 13.3. The monoisotopic (exact) mass is 505 g/mol. The Labute approximate surface area is 212 Å². The highest BCUT2D eigenvalue weighted by Crippen LogP contribution is 2.46. The van der Waals surface area contributed by atoms with Crippen LogP contribution in [0.3, 0.4) is 0 Å². The number of hydrogen-bond donors (Lipinski definition) is 0. The minimum Gasteiger partial charge on any atom is -0.496 e. The maximum Gasteiger partial charge on any atom is 0.275 e. The van der Waals surface area contributed by atoms with Gasteiger partial charge < -0.3 is 19.1 Å². The van der Waals surface area contributed by atoms with Gasteiger partial charge in [-0.05, 0) is 37.4 Å². The average molecular weight is 506 g/mol. The van der Waals surface area contributed by atoms with Gasteiger partial charge in [-0.25, -0.2) is 4.68 Å². The molecule has 0 spiro atoms. The number of thiophene rings is 1. The van der Waals surface area contributed by atoms with Gasteiger partial charge in [-0.1, -0.05) is 0 Å². The van der Waals surface area contributed by atoms with Gasteiger partial charge >= 0.3 is 0 Å². The zero-order valence-electron chi connectivity index (χ0n) is 20.6. The highest BCUT2D eigenvalue weighted by molar-refractivity contribution is 7.08. The molecule has 6 rings (SSSR count). The number of ether oxygens (including phenoxy) is 3. The van der Waals surface area contributed by atoms with E-state index in [0.717, 1.165) is 33.8 Å². The van der Waals surface area contributed by atoms with Crippen LogP contribution in [0.4, 0.5) is 0 Å². The molecule has 0 radical (unpaired) electrons. The lowest BCUT2D eigenvalue weighted by Gasteiger charge is -2.41. The number of hydrogen-bond acceptors (Lipinski definition) is 7. The second-order valence-corrected chi connectivity index (χ2v) is 10.3. The first-order valence-electron chi connectivity index (χ1n) is 11.8. The Kier molecular flexibility index (Phi) is 5.38. The average Bonchev–Trinajstić information content (AvgIpc) is 3.62. The van der Waals surface area contributed by atoms with Crippen LogP contribution >= 0.6 is 11.3 Å². The summed E-state index contributed by atoms with van der Waals surface area (Å²) in [6.45, 7) is 5.79. The molecular weight excluding hydrogens is 478 g/mol. The SMILES string of the molecule is COc1cc2c(cc1-c1ccnn1C)-c1c(c(C(=O)N3CCOCC3(C)C)nn1-c1ccsc1)CO2. The standard InChI is InChI=1S/C26H27N5O4S/c1-26(2)15-34-9-8-30(26)25(32)23-19-13-35-22-12-21(33-4)17(20-5-7-27-29(20)3)11-18(22)24(19)31(28-23)16-6-10-36-14-16/h5-7,10-12,14H,8-9,13,15H2,1-4H3. The number of carbonyl (C=O) groups excluding carboxylic acids is 1. The number of aryl methyl sites for hydroxylation is 1. The van der Waals surface area contributed by atoms with Crippen LogP contribution in [-0.2, 0) is 18.4 Å². The summed E-state index contributed by atoms with van der Waals surface area (Å²) in [5.41, 5.74) is 5.17. The molecule has 3 aromatic heterocycles. The number of carbonyl (C=O) groups is 1. The van der Waals surface area contributed by atoms with Crippen molar-refractivity contribution in [3.63, 3.8) is 0 Å². The minimum absolute atomic E-state index is 0.110. The Hall–Kier alpha value is -3.63. The topological polar surface area (TPSA) is 83.6 Å². The molecule has 1 fully saturated rings. The third kappa shape index (κ3) is 3.51. The molecule has 1 aromatic carbocycles. The van der Waals surface area contributed by atoms with E-state index < -0.39 is 5.54 Å². The van der Waals surface area contributed by atoms with Crippen molar-refractivity contribution in [2.45, 2.75) is 26.0 Å². The fourth-order valence-electron chi connectivity index (χ4n) is 4.99. The third-order valence-electron chi connectivity index (χ3n) is 6.85. The lowest BCUT2D eigenvalue weighted by molar-refractivity contribution is -0.0374. The minimum atomic E-state index is -0.429. The van der Waals surface area contributed by atoms with Gasteiger partial charge in [0, 0.05) is 47.9 Å². The Bertz CT molecular complexity index is 1450. The van der Waals surface area contributed by atoms with Crippen molar-refractivity contribution >= 4 is 17.2 Å². The first-order chi connectivity index (χ1) is 17.4. The second-order valence-electron chi connectivity index (χ2n) is 9.57. The summed E-state index contributed by atoms with van der Waals surface area (Å²) in [6, 6.07) is 7.89. The molecule has 2 aliphatic heterocycles. The van der Waals surface area contributed by atoms with Crippen LogP contribution < -0.4 is 9.47 Å². The van der Waals surface area contributed by atoms with Crippen molar-refractivity contribution in [1.29, 1.82) is 0 Å². The molecule has 0 aliphatic carbocycles. The first-order valence-corrected chi connectivity index (χ1v) is 12.7. The van der Waals surface area contributed by atoms with Gasteiger partial charge in [0.2, 0.25) is 0 Å². The fourth-order valence-corrected chi connectivity index (χ4v) is 5.60. The van der Waals surface area contributed by atoms with Crippen LogP contribution in [0, 0.1) is 0 Å². The van der Waals surface area contributed by atoms with Gasteiger partial charge in [-0.3, -0.25) is 9.48 Å². The predicted octanol–water partition coefficient (Wildman–Crippen LogP) is 4.15. The molecule has 10 heteroatoms. The summed E-state index contributed by atoms with van der Waals surface area (Å²) in [6.07, 6.45) is 1.76. The molecule has 0 atom stereocenters. The smallest absolute Gasteiger partial charge is 0.275 e. The van der Waals surface area contributed by atoms with Crippen molar-refractivity contribution in [2.75, 3.05) is 26.9 Å². The van der Waals surface area contributed by atoms with E-state index in [1.165, 1.54) is 0 Å². The lowest BCUT2D eigenvalue weighted by atomic mass is 9.96. The van der Waals surface area contributed by atoms with Crippen LogP contribution in [0.25, 0.3) is 28.2 Å². The quantitative estimate of drug-likeness (QED) is 0.414. The third-order valence-corrected chi connectivity index (χ3v) is 7.52. The predicted molar refractivity (Wildman–Crippen MR) is 136 cm³/mol. The fraction of sp³-hybridized carbons (Fsp3) is 0.346. The summed E-state index contributed by atoms with van der Waals surface area (Å²) in [4.78, 5) is 15.8. The number of aromatic nitrogens is 4. The largest absolute Gasteiger partial charge is 0.496 e. The molecular formula is C26H27N5O4S. The molecule has 0 bridgehead atoms. The maximum absolute atomic E-state index is 13.9. The van der Waals surface area contributed by atoms with E-state index in [1.54, 1.807) is 29.3 Å². The molecule has 5 heterocycles. The van der Waals surface area contributed by atoms with Gasteiger partial charge in [0.25, 0.3) is 5.91 Å². The van der Waals surface area contributed by atoms with E-state index in [4.69, 9.17) is 19.3 Å². The van der Waals surface area contributed by atoms with Gasteiger partial charge in [0.15, 0.2) is 5.69 Å². The Morgan fingerprint density at radius 2 is 2.08 bits per heavy atom. The molecule has 36 heavy (non-hydrogen) atoms.